The van der Waals surface area contributed by atoms with Crippen LogP contribution in [0.1, 0.15) is 27.2 Å². The molecule has 2 saturated heterocycles. The number of alkyl halides is 3. The number of hydrogen-bond donors (Lipinski definition) is 1. The number of rotatable bonds is 4. The summed E-state index contributed by atoms with van der Waals surface area (Å²) in [4.78, 5) is 29.4. The Morgan fingerprint density at radius 1 is 1.11 bits per heavy atom. The second kappa shape index (κ2) is 9.29. The van der Waals surface area contributed by atoms with Crippen LogP contribution < -0.4 is 15.0 Å². The Morgan fingerprint density at radius 3 is 2.53 bits per heavy atom. The maximum atomic E-state index is 14.8. The number of nitrogens with one attached hydrogen (secondary N) is 1. The number of halogens is 5. The van der Waals surface area contributed by atoms with Gasteiger partial charge in [-0.1, -0.05) is 11.6 Å². The molecule has 2 fully saturated rings. The molecule has 202 valence electrons. The van der Waals surface area contributed by atoms with E-state index in [1.165, 1.54) is 6.33 Å². The molecular formula is C24H23ClF4N6O3. The number of nitrogens with zero attached hydrogens (tertiary/aromatic N) is 5. The fourth-order valence-corrected chi connectivity index (χ4v) is 4.84. The second-order valence-electron chi connectivity index (χ2n) is 10.00. The van der Waals surface area contributed by atoms with E-state index in [-0.39, 0.29) is 29.7 Å². The Labute approximate surface area is 219 Å². The van der Waals surface area contributed by atoms with Crippen LogP contribution in [0.3, 0.4) is 0 Å². The Hall–Kier alpha value is -3.61. The number of likely N-dealkylation sites (tertiary alicyclic amines) is 1. The van der Waals surface area contributed by atoms with E-state index in [0.29, 0.717) is 29.9 Å². The van der Waals surface area contributed by atoms with Crippen LogP contribution in [0.5, 0.6) is 5.75 Å². The van der Waals surface area contributed by atoms with Crippen molar-refractivity contribution >= 4 is 46.1 Å². The van der Waals surface area contributed by atoms with E-state index in [1.807, 2.05) is 20.8 Å². The van der Waals surface area contributed by atoms with Crippen LogP contribution in [-0.2, 0) is 4.74 Å². The number of amides is 1. The predicted octanol–water partition coefficient (Wildman–Crippen LogP) is 5.66. The van der Waals surface area contributed by atoms with Gasteiger partial charge >= 0.3 is 12.5 Å². The minimum atomic E-state index is -5.02. The molecule has 4 heterocycles. The van der Waals surface area contributed by atoms with Crippen molar-refractivity contribution in [2.24, 2.45) is 0 Å². The number of carbonyl (C=O) groups excluding carboxylic acids is 1. The zero-order valence-electron chi connectivity index (χ0n) is 20.5. The molecule has 1 amide bonds. The van der Waals surface area contributed by atoms with Crippen molar-refractivity contribution in [2.75, 3.05) is 23.3 Å². The first-order valence-corrected chi connectivity index (χ1v) is 12.1. The molecule has 14 heteroatoms. The summed E-state index contributed by atoms with van der Waals surface area (Å²) in [5.74, 6) is -1.25. The summed E-state index contributed by atoms with van der Waals surface area (Å²) < 4.78 is 61.7. The topological polar surface area (TPSA) is 92.7 Å². The lowest BCUT2D eigenvalue weighted by molar-refractivity contribution is -0.274. The smallest absolute Gasteiger partial charge is 0.444 e. The van der Waals surface area contributed by atoms with Gasteiger partial charge in [0.15, 0.2) is 17.4 Å². The number of ether oxygens (including phenoxy) is 2. The minimum absolute atomic E-state index is 0.0226. The van der Waals surface area contributed by atoms with Crippen molar-refractivity contribution in [1.29, 1.82) is 0 Å². The fourth-order valence-electron chi connectivity index (χ4n) is 4.63. The van der Waals surface area contributed by atoms with Gasteiger partial charge in [-0.3, -0.25) is 0 Å². The van der Waals surface area contributed by atoms with Crippen LogP contribution in [0.15, 0.2) is 30.6 Å². The van der Waals surface area contributed by atoms with Crippen molar-refractivity contribution in [1.82, 2.24) is 19.9 Å². The van der Waals surface area contributed by atoms with Crippen molar-refractivity contribution in [3.05, 3.63) is 41.4 Å². The van der Waals surface area contributed by atoms with E-state index in [2.05, 4.69) is 24.9 Å². The largest absolute Gasteiger partial charge is 0.573 e. The van der Waals surface area contributed by atoms with Gasteiger partial charge < -0.3 is 24.6 Å². The number of pyridine rings is 1. The average Bonchev–Trinajstić information content (AvgIpc) is 3.43. The molecule has 2 atom stereocenters. The van der Waals surface area contributed by atoms with Crippen molar-refractivity contribution in [2.45, 2.75) is 51.2 Å². The van der Waals surface area contributed by atoms with Gasteiger partial charge in [0.05, 0.1) is 23.3 Å². The third kappa shape index (κ3) is 5.19. The molecule has 1 N–H and O–H groups in total. The second-order valence-corrected chi connectivity index (χ2v) is 10.4. The lowest BCUT2D eigenvalue weighted by atomic mass is 10.2. The first-order valence-electron chi connectivity index (χ1n) is 11.7. The van der Waals surface area contributed by atoms with Gasteiger partial charge in [-0.15, -0.1) is 13.2 Å². The lowest BCUT2D eigenvalue weighted by Gasteiger charge is -2.35. The molecule has 5 rings (SSSR count). The third-order valence-corrected chi connectivity index (χ3v) is 6.51. The van der Waals surface area contributed by atoms with E-state index in [4.69, 9.17) is 21.3 Å². The van der Waals surface area contributed by atoms with Gasteiger partial charge in [-0.2, -0.15) is 0 Å². The highest BCUT2D eigenvalue weighted by atomic mass is 35.5. The highest BCUT2D eigenvalue weighted by molar-refractivity contribution is 6.32. The van der Waals surface area contributed by atoms with Crippen LogP contribution in [0.2, 0.25) is 5.02 Å². The van der Waals surface area contributed by atoms with Gasteiger partial charge in [0, 0.05) is 13.1 Å². The van der Waals surface area contributed by atoms with Crippen molar-refractivity contribution in [3.8, 4) is 5.75 Å². The molecule has 0 radical (unpaired) electrons. The quantitative estimate of drug-likeness (QED) is 0.413. The minimum Gasteiger partial charge on any atom is -0.444 e. The summed E-state index contributed by atoms with van der Waals surface area (Å²) >= 11 is 5.77. The summed E-state index contributed by atoms with van der Waals surface area (Å²) in [5, 5.41) is 1.91. The van der Waals surface area contributed by atoms with Gasteiger partial charge in [0.1, 0.15) is 28.3 Å². The van der Waals surface area contributed by atoms with Crippen LogP contribution in [0.25, 0.3) is 11.0 Å². The molecule has 1 aromatic carbocycles. The Balaban J connectivity index is 1.38. The van der Waals surface area contributed by atoms with Gasteiger partial charge in [-0.25, -0.2) is 24.1 Å². The first-order chi connectivity index (χ1) is 17.8. The first kappa shape index (κ1) is 26.0. The Kier molecular flexibility index (Phi) is 6.36. The fraction of sp³-hybridized carbons (Fsp3) is 0.417. The maximum absolute atomic E-state index is 14.8. The SMILES string of the molecule is CC(C)(C)OC(=O)N1C[C@@H]2C[C@H]1CN2c1ccc2ncnc(Nc3ccc(OC(F)(F)F)c(Cl)c3F)c2n1. The van der Waals surface area contributed by atoms with E-state index in [0.717, 1.165) is 18.6 Å². The van der Waals surface area contributed by atoms with Crippen molar-refractivity contribution < 1.29 is 31.8 Å². The maximum Gasteiger partial charge on any atom is 0.573 e. The van der Waals surface area contributed by atoms with Crippen molar-refractivity contribution in [3.63, 3.8) is 0 Å². The number of benzene rings is 1. The molecular weight excluding hydrogens is 532 g/mol. The summed E-state index contributed by atoms with van der Waals surface area (Å²) in [6.07, 6.45) is -3.34. The number of anilines is 3. The van der Waals surface area contributed by atoms with E-state index >= 15 is 0 Å². The zero-order chi connectivity index (χ0) is 27.4. The summed E-state index contributed by atoms with van der Waals surface area (Å²) in [5.41, 5.74) is -0.0144. The number of hydrogen-bond acceptors (Lipinski definition) is 8. The molecule has 0 aliphatic carbocycles. The molecule has 2 aliphatic heterocycles. The van der Waals surface area contributed by atoms with Gasteiger partial charge in [0.2, 0.25) is 0 Å². The highest BCUT2D eigenvalue weighted by Crippen LogP contribution is 2.38. The average molecular weight is 555 g/mol. The van der Waals surface area contributed by atoms with E-state index in [9.17, 15) is 22.4 Å². The number of aromatic nitrogens is 3. The lowest BCUT2D eigenvalue weighted by Crippen LogP contribution is -2.50. The van der Waals surface area contributed by atoms with Crippen LogP contribution in [-0.4, -0.2) is 63.1 Å². The Morgan fingerprint density at radius 2 is 1.87 bits per heavy atom. The monoisotopic (exact) mass is 554 g/mol. The molecule has 3 aromatic rings. The molecule has 0 saturated carbocycles. The van der Waals surface area contributed by atoms with Gasteiger partial charge in [-0.05, 0) is 51.5 Å². The van der Waals surface area contributed by atoms with Gasteiger partial charge in [0.25, 0.3) is 0 Å². The molecule has 0 unspecified atom stereocenters. The number of carbonyl (C=O) groups is 1. The normalized spacial score (nSPS) is 19.3. The summed E-state index contributed by atoms with van der Waals surface area (Å²) in [6, 6.07) is 5.53. The van der Waals surface area contributed by atoms with E-state index < -0.39 is 28.6 Å². The molecule has 2 aromatic heterocycles. The standard InChI is InChI=1S/C24H23ClF4N6O3/c1-23(2,3)38-22(36)35-10-12-8-13(35)9-34(12)17-7-5-15-20(33-17)21(31-11-30-15)32-14-4-6-16(18(25)19(14)26)37-24(27,28)29/h4-7,11-13H,8-10H2,1-3H3,(H,30,31,32)/t12-,13-/m0/s1. The van der Waals surface area contributed by atoms with Crippen LogP contribution >= 0.6 is 11.6 Å². The van der Waals surface area contributed by atoms with E-state index in [1.54, 1.807) is 17.0 Å². The van der Waals surface area contributed by atoms with Crippen LogP contribution in [0.4, 0.5) is 39.7 Å². The molecule has 38 heavy (non-hydrogen) atoms. The zero-order valence-corrected chi connectivity index (χ0v) is 21.3. The number of fused-ring (bicyclic) bond motifs is 3. The predicted molar refractivity (Wildman–Crippen MR) is 131 cm³/mol. The Bertz CT molecular complexity index is 1400. The highest BCUT2D eigenvalue weighted by Gasteiger charge is 2.47. The molecule has 2 aliphatic rings. The summed E-state index contributed by atoms with van der Waals surface area (Å²) in [6.45, 7) is 6.52. The molecule has 9 nitrogen and oxygen atoms in total. The molecule has 0 spiro atoms. The third-order valence-electron chi connectivity index (χ3n) is 6.16. The number of piperazine rings is 1. The van der Waals surface area contributed by atoms with Crippen LogP contribution in [0, 0.1) is 5.82 Å². The molecule has 2 bridgehead atoms. The summed E-state index contributed by atoms with van der Waals surface area (Å²) in [7, 11) is 0.